The van der Waals surface area contributed by atoms with E-state index in [-0.39, 0.29) is 5.97 Å². The third-order valence-electron chi connectivity index (χ3n) is 1.62. The van der Waals surface area contributed by atoms with Crippen LogP contribution in [0.2, 0.25) is 0 Å². The molecule has 0 saturated heterocycles. The normalized spacial score (nSPS) is 22.8. The molecular weight excluding hydrogens is 224 g/mol. The Hall–Kier alpha value is -0.610. The van der Waals surface area contributed by atoms with Crippen molar-refractivity contribution in [2.75, 3.05) is 7.11 Å². The summed E-state index contributed by atoms with van der Waals surface area (Å²) in [4.78, 5) is 11.0. The Morgan fingerprint density at radius 1 is 1.75 bits per heavy atom. The van der Waals surface area contributed by atoms with Crippen LogP contribution in [-0.4, -0.2) is 24.3 Å². The predicted octanol–water partition coefficient (Wildman–Crippen LogP) is 1.13. The molecule has 0 aliphatic heterocycles. The summed E-state index contributed by atoms with van der Waals surface area (Å²) in [5.74, 6) is -0.384. The van der Waals surface area contributed by atoms with Crippen LogP contribution in [0.15, 0.2) is 22.2 Å². The van der Waals surface area contributed by atoms with Gasteiger partial charge in [-0.05, 0) is 6.08 Å². The highest BCUT2D eigenvalue weighted by atomic mass is 79.9. The highest BCUT2D eigenvalue weighted by Gasteiger charge is 2.19. The van der Waals surface area contributed by atoms with E-state index in [4.69, 9.17) is 0 Å². The SMILES string of the molecule is COC(=O)C1=CC=C(Br)C(O)C1. The maximum absolute atomic E-state index is 11.0. The number of allylic oxidation sites excluding steroid dienone is 2. The lowest BCUT2D eigenvalue weighted by Crippen LogP contribution is -2.16. The number of hydrogen-bond acceptors (Lipinski definition) is 3. The van der Waals surface area contributed by atoms with Gasteiger partial charge in [0.15, 0.2) is 0 Å². The van der Waals surface area contributed by atoms with Crippen LogP contribution in [-0.2, 0) is 9.53 Å². The molecule has 4 heteroatoms. The van der Waals surface area contributed by atoms with Gasteiger partial charge in [0.1, 0.15) is 0 Å². The summed E-state index contributed by atoms with van der Waals surface area (Å²) in [6.07, 6.45) is 2.98. The van der Waals surface area contributed by atoms with Crippen molar-refractivity contribution in [2.24, 2.45) is 0 Å². The Labute approximate surface area is 78.8 Å². The molecule has 12 heavy (non-hydrogen) atoms. The average Bonchev–Trinajstić information content (AvgIpc) is 2.08. The number of rotatable bonds is 1. The van der Waals surface area contributed by atoms with E-state index in [0.717, 1.165) is 0 Å². The molecule has 1 unspecified atom stereocenters. The lowest BCUT2D eigenvalue weighted by Gasteiger charge is -2.14. The van der Waals surface area contributed by atoms with Crippen LogP contribution >= 0.6 is 15.9 Å². The standard InChI is InChI=1S/C8H9BrO3/c1-12-8(11)5-2-3-6(9)7(10)4-5/h2-3,7,10H,4H2,1H3. The number of aliphatic hydroxyl groups excluding tert-OH is 1. The van der Waals surface area contributed by atoms with Crippen LogP contribution in [0.5, 0.6) is 0 Å². The Bertz CT molecular complexity index is 255. The molecule has 0 heterocycles. The van der Waals surface area contributed by atoms with E-state index < -0.39 is 6.10 Å². The molecule has 1 aliphatic rings. The number of ether oxygens (including phenoxy) is 1. The molecule has 0 bridgehead atoms. The van der Waals surface area contributed by atoms with E-state index in [1.807, 2.05) is 0 Å². The molecule has 0 amide bonds. The van der Waals surface area contributed by atoms with Crippen molar-refractivity contribution in [1.82, 2.24) is 0 Å². The van der Waals surface area contributed by atoms with E-state index in [9.17, 15) is 9.90 Å². The number of aliphatic hydroxyl groups is 1. The van der Waals surface area contributed by atoms with Crippen LogP contribution in [0.1, 0.15) is 6.42 Å². The first kappa shape index (κ1) is 9.48. The lowest BCUT2D eigenvalue weighted by molar-refractivity contribution is -0.136. The number of methoxy groups -OCH3 is 1. The Morgan fingerprint density at radius 2 is 2.42 bits per heavy atom. The summed E-state index contributed by atoms with van der Waals surface area (Å²) >= 11 is 3.17. The van der Waals surface area contributed by atoms with Crippen molar-refractivity contribution in [3.63, 3.8) is 0 Å². The first-order valence-electron chi connectivity index (χ1n) is 3.47. The fourth-order valence-electron chi connectivity index (χ4n) is 0.948. The summed E-state index contributed by atoms with van der Waals surface area (Å²) in [5.41, 5.74) is 0.494. The maximum atomic E-state index is 11.0. The summed E-state index contributed by atoms with van der Waals surface area (Å²) in [7, 11) is 1.32. The second kappa shape index (κ2) is 3.87. The summed E-state index contributed by atoms with van der Waals surface area (Å²) in [6, 6.07) is 0. The summed E-state index contributed by atoms with van der Waals surface area (Å²) in [5, 5.41) is 9.33. The fraction of sp³-hybridized carbons (Fsp3) is 0.375. The van der Waals surface area contributed by atoms with Gasteiger partial charge in [-0.25, -0.2) is 4.79 Å². The zero-order valence-electron chi connectivity index (χ0n) is 6.58. The van der Waals surface area contributed by atoms with Crippen molar-refractivity contribution >= 4 is 21.9 Å². The van der Waals surface area contributed by atoms with E-state index in [1.54, 1.807) is 12.2 Å². The number of halogens is 1. The van der Waals surface area contributed by atoms with E-state index in [0.29, 0.717) is 16.5 Å². The van der Waals surface area contributed by atoms with Crippen LogP contribution in [0.25, 0.3) is 0 Å². The molecule has 0 spiro atoms. The zero-order valence-corrected chi connectivity index (χ0v) is 8.17. The van der Waals surface area contributed by atoms with E-state index in [1.165, 1.54) is 7.11 Å². The van der Waals surface area contributed by atoms with Gasteiger partial charge >= 0.3 is 5.97 Å². The van der Waals surface area contributed by atoms with E-state index in [2.05, 4.69) is 20.7 Å². The molecule has 0 fully saturated rings. The molecule has 0 saturated carbocycles. The third kappa shape index (κ3) is 1.95. The third-order valence-corrected chi connectivity index (χ3v) is 2.42. The second-order valence-electron chi connectivity index (χ2n) is 2.45. The van der Waals surface area contributed by atoms with Crippen molar-refractivity contribution < 1.29 is 14.6 Å². The Morgan fingerprint density at radius 3 is 2.92 bits per heavy atom. The van der Waals surface area contributed by atoms with Gasteiger partial charge in [0.05, 0.1) is 13.2 Å². The van der Waals surface area contributed by atoms with Crippen LogP contribution in [0.4, 0.5) is 0 Å². The van der Waals surface area contributed by atoms with Crippen molar-refractivity contribution in [1.29, 1.82) is 0 Å². The molecule has 1 rings (SSSR count). The van der Waals surface area contributed by atoms with Crippen LogP contribution in [0, 0.1) is 0 Å². The zero-order chi connectivity index (χ0) is 9.14. The average molecular weight is 233 g/mol. The summed E-state index contributed by atoms with van der Waals surface area (Å²) in [6.45, 7) is 0. The van der Waals surface area contributed by atoms with Gasteiger partial charge in [-0.3, -0.25) is 0 Å². The van der Waals surface area contributed by atoms with Crippen molar-refractivity contribution in [2.45, 2.75) is 12.5 Å². The molecule has 0 aromatic carbocycles. The van der Waals surface area contributed by atoms with Gasteiger partial charge in [0.2, 0.25) is 0 Å². The molecule has 1 atom stereocenters. The minimum atomic E-state index is -0.621. The smallest absolute Gasteiger partial charge is 0.333 e. The minimum absolute atomic E-state index is 0.309. The first-order valence-corrected chi connectivity index (χ1v) is 4.27. The highest BCUT2D eigenvalue weighted by molar-refractivity contribution is 9.11. The molecule has 1 N–H and O–H groups in total. The number of carbonyl (C=O) groups excluding carboxylic acids is 1. The molecule has 0 aromatic heterocycles. The molecule has 66 valence electrons. The van der Waals surface area contributed by atoms with Gasteiger partial charge in [0.25, 0.3) is 0 Å². The molecular formula is C8H9BrO3. The minimum Gasteiger partial charge on any atom is -0.466 e. The molecule has 0 aromatic rings. The lowest BCUT2D eigenvalue weighted by atomic mass is 10.0. The Kier molecular flexibility index (Phi) is 3.05. The number of hydrogen-bond donors (Lipinski definition) is 1. The number of carbonyl (C=O) groups is 1. The number of esters is 1. The Balaban J connectivity index is 2.77. The highest BCUT2D eigenvalue weighted by Crippen LogP contribution is 2.23. The molecule has 1 aliphatic carbocycles. The van der Waals surface area contributed by atoms with Crippen LogP contribution < -0.4 is 0 Å². The first-order chi connectivity index (χ1) is 5.65. The van der Waals surface area contributed by atoms with Gasteiger partial charge in [-0.1, -0.05) is 22.0 Å². The quantitative estimate of drug-likeness (QED) is 0.690. The van der Waals surface area contributed by atoms with Crippen molar-refractivity contribution in [3.05, 3.63) is 22.2 Å². The fourth-order valence-corrected chi connectivity index (χ4v) is 1.24. The monoisotopic (exact) mass is 232 g/mol. The van der Waals surface area contributed by atoms with Gasteiger partial charge < -0.3 is 9.84 Å². The van der Waals surface area contributed by atoms with Crippen LogP contribution in [0.3, 0.4) is 0 Å². The van der Waals surface area contributed by atoms with Crippen molar-refractivity contribution in [3.8, 4) is 0 Å². The van der Waals surface area contributed by atoms with Gasteiger partial charge in [-0.2, -0.15) is 0 Å². The molecule has 0 radical (unpaired) electrons. The maximum Gasteiger partial charge on any atom is 0.333 e. The topological polar surface area (TPSA) is 46.5 Å². The van der Waals surface area contributed by atoms with E-state index >= 15 is 0 Å². The second-order valence-corrected chi connectivity index (χ2v) is 3.37. The van der Waals surface area contributed by atoms with Gasteiger partial charge in [0, 0.05) is 16.5 Å². The van der Waals surface area contributed by atoms with Gasteiger partial charge in [-0.15, -0.1) is 0 Å². The molecule has 3 nitrogen and oxygen atoms in total. The predicted molar refractivity (Wildman–Crippen MR) is 47.7 cm³/mol. The largest absolute Gasteiger partial charge is 0.466 e. The summed E-state index contributed by atoms with van der Waals surface area (Å²) < 4.78 is 5.20.